The Morgan fingerprint density at radius 3 is 2.41 bits per heavy atom. The lowest BCUT2D eigenvalue weighted by molar-refractivity contribution is -0.152. The van der Waals surface area contributed by atoms with Crippen LogP contribution in [0.4, 0.5) is 0 Å². The average Bonchev–Trinajstić information content (AvgIpc) is 2.28. The summed E-state index contributed by atoms with van der Waals surface area (Å²) in [5, 5.41) is 0. The Kier molecular flexibility index (Phi) is 4.95. The van der Waals surface area contributed by atoms with Gasteiger partial charge in [0.05, 0.1) is 12.5 Å². The minimum atomic E-state index is -0.421. The molecule has 4 heteroatoms. The van der Waals surface area contributed by atoms with Crippen molar-refractivity contribution in [3.63, 3.8) is 0 Å². The maximum absolute atomic E-state index is 11.6. The van der Waals surface area contributed by atoms with E-state index in [0.29, 0.717) is 5.92 Å². The third-order valence-corrected chi connectivity index (χ3v) is 3.73. The van der Waals surface area contributed by atoms with E-state index >= 15 is 0 Å². The van der Waals surface area contributed by atoms with Crippen molar-refractivity contribution in [2.75, 3.05) is 26.7 Å². The molecule has 2 N–H and O–H groups in total. The van der Waals surface area contributed by atoms with Crippen molar-refractivity contribution in [1.82, 2.24) is 4.90 Å². The van der Waals surface area contributed by atoms with Crippen molar-refractivity contribution in [1.29, 1.82) is 0 Å². The molecule has 1 rings (SSSR count). The fourth-order valence-electron chi connectivity index (χ4n) is 2.54. The van der Waals surface area contributed by atoms with Gasteiger partial charge < -0.3 is 15.4 Å². The van der Waals surface area contributed by atoms with Gasteiger partial charge in [0.25, 0.3) is 0 Å². The number of nitrogens with zero attached hydrogens (tertiary/aromatic N) is 1. The Labute approximate surface area is 104 Å². The second-order valence-electron chi connectivity index (χ2n) is 5.85. The summed E-state index contributed by atoms with van der Waals surface area (Å²) >= 11 is 0. The molecule has 0 spiro atoms. The Balaban J connectivity index is 2.42. The SMILES string of the molecule is COC(=O)C(C)(C)CN1CCC(C(C)N)CC1. The second-order valence-corrected chi connectivity index (χ2v) is 5.85. The number of carbonyl (C=O) groups excluding carboxylic acids is 1. The summed E-state index contributed by atoms with van der Waals surface area (Å²) < 4.78 is 4.83. The second kappa shape index (κ2) is 5.83. The van der Waals surface area contributed by atoms with Gasteiger partial charge in [-0.2, -0.15) is 0 Å². The van der Waals surface area contributed by atoms with Crippen molar-refractivity contribution in [2.24, 2.45) is 17.1 Å². The zero-order valence-corrected chi connectivity index (χ0v) is 11.5. The molecule has 0 bridgehead atoms. The van der Waals surface area contributed by atoms with E-state index in [4.69, 9.17) is 10.5 Å². The lowest BCUT2D eigenvalue weighted by atomic mass is 9.88. The van der Waals surface area contributed by atoms with Gasteiger partial charge in [-0.15, -0.1) is 0 Å². The summed E-state index contributed by atoms with van der Waals surface area (Å²) in [6.07, 6.45) is 2.27. The van der Waals surface area contributed by atoms with Gasteiger partial charge in [-0.05, 0) is 52.6 Å². The standard InChI is InChI=1S/C13H26N2O2/c1-10(14)11-5-7-15(8-6-11)9-13(2,3)12(16)17-4/h10-11H,5-9,14H2,1-4H3. The molecular formula is C13H26N2O2. The van der Waals surface area contributed by atoms with Crippen molar-refractivity contribution in [3.8, 4) is 0 Å². The van der Waals surface area contributed by atoms with Crippen LogP contribution in [-0.2, 0) is 9.53 Å². The Morgan fingerprint density at radius 1 is 1.47 bits per heavy atom. The van der Waals surface area contributed by atoms with E-state index in [9.17, 15) is 4.79 Å². The quantitative estimate of drug-likeness (QED) is 0.754. The van der Waals surface area contributed by atoms with Gasteiger partial charge in [-0.1, -0.05) is 0 Å². The lowest BCUT2D eigenvalue weighted by Gasteiger charge is -2.37. The Morgan fingerprint density at radius 2 is 2.00 bits per heavy atom. The molecule has 1 aliphatic rings. The molecule has 4 nitrogen and oxygen atoms in total. The molecule has 17 heavy (non-hydrogen) atoms. The zero-order valence-electron chi connectivity index (χ0n) is 11.5. The van der Waals surface area contributed by atoms with Gasteiger partial charge in [-0.25, -0.2) is 0 Å². The van der Waals surface area contributed by atoms with Crippen LogP contribution < -0.4 is 5.73 Å². The van der Waals surface area contributed by atoms with Crippen LogP contribution in [0.3, 0.4) is 0 Å². The maximum Gasteiger partial charge on any atom is 0.312 e. The summed E-state index contributed by atoms with van der Waals surface area (Å²) in [7, 11) is 1.45. The van der Waals surface area contributed by atoms with Crippen molar-refractivity contribution in [2.45, 2.75) is 39.7 Å². The molecule has 0 amide bonds. The van der Waals surface area contributed by atoms with Crippen molar-refractivity contribution < 1.29 is 9.53 Å². The number of carbonyl (C=O) groups is 1. The zero-order chi connectivity index (χ0) is 13.1. The molecule has 0 aromatic rings. The number of hydrogen-bond acceptors (Lipinski definition) is 4. The summed E-state index contributed by atoms with van der Waals surface area (Å²) in [5.74, 6) is 0.499. The van der Waals surface area contributed by atoms with E-state index in [1.54, 1.807) is 0 Å². The first-order chi connectivity index (χ1) is 7.86. The topological polar surface area (TPSA) is 55.6 Å². The molecular weight excluding hydrogens is 216 g/mol. The van der Waals surface area contributed by atoms with Gasteiger partial charge in [0.1, 0.15) is 0 Å². The van der Waals surface area contributed by atoms with Gasteiger partial charge in [0.2, 0.25) is 0 Å². The molecule has 0 aromatic carbocycles. The highest BCUT2D eigenvalue weighted by Gasteiger charge is 2.32. The van der Waals surface area contributed by atoms with Crippen LogP contribution in [0.5, 0.6) is 0 Å². The van der Waals surface area contributed by atoms with Gasteiger partial charge in [-0.3, -0.25) is 4.79 Å². The first kappa shape index (κ1) is 14.5. The number of hydrogen-bond donors (Lipinski definition) is 1. The number of piperidine rings is 1. The maximum atomic E-state index is 11.6. The Hall–Kier alpha value is -0.610. The fourth-order valence-corrected chi connectivity index (χ4v) is 2.54. The average molecular weight is 242 g/mol. The monoisotopic (exact) mass is 242 g/mol. The third-order valence-electron chi connectivity index (χ3n) is 3.73. The van der Waals surface area contributed by atoms with Gasteiger partial charge >= 0.3 is 5.97 Å². The Bertz CT molecular complexity index is 256. The van der Waals surface area contributed by atoms with Crippen LogP contribution in [0, 0.1) is 11.3 Å². The molecule has 0 aromatic heterocycles. The highest BCUT2D eigenvalue weighted by atomic mass is 16.5. The smallest absolute Gasteiger partial charge is 0.312 e. The lowest BCUT2D eigenvalue weighted by Crippen LogP contribution is -2.45. The minimum absolute atomic E-state index is 0.133. The van der Waals surface area contributed by atoms with Crippen LogP contribution in [0.1, 0.15) is 33.6 Å². The van der Waals surface area contributed by atoms with Crippen LogP contribution >= 0.6 is 0 Å². The number of methoxy groups -OCH3 is 1. The minimum Gasteiger partial charge on any atom is -0.469 e. The molecule has 1 fully saturated rings. The molecule has 0 radical (unpaired) electrons. The van der Waals surface area contributed by atoms with Gasteiger partial charge in [0, 0.05) is 12.6 Å². The number of nitrogens with two attached hydrogens (primary N) is 1. The molecule has 100 valence electrons. The number of ether oxygens (including phenoxy) is 1. The summed E-state index contributed by atoms with van der Waals surface area (Å²) in [6.45, 7) is 8.80. The summed E-state index contributed by atoms with van der Waals surface area (Å²) in [5.41, 5.74) is 5.50. The number of rotatable bonds is 4. The predicted molar refractivity (Wildman–Crippen MR) is 68.6 cm³/mol. The highest BCUT2D eigenvalue weighted by Crippen LogP contribution is 2.24. The molecule has 1 saturated heterocycles. The van der Waals surface area contributed by atoms with E-state index in [0.717, 1.165) is 32.5 Å². The molecule has 0 saturated carbocycles. The molecule has 0 aliphatic carbocycles. The van der Waals surface area contributed by atoms with Crippen LogP contribution in [0.15, 0.2) is 0 Å². The van der Waals surface area contributed by atoms with E-state index in [-0.39, 0.29) is 12.0 Å². The molecule has 1 atom stereocenters. The van der Waals surface area contributed by atoms with Gasteiger partial charge in [0.15, 0.2) is 0 Å². The first-order valence-corrected chi connectivity index (χ1v) is 6.43. The largest absolute Gasteiger partial charge is 0.469 e. The number of esters is 1. The highest BCUT2D eigenvalue weighted by molar-refractivity contribution is 5.76. The molecule has 1 unspecified atom stereocenters. The third kappa shape index (κ3) is 3.96. The van der Waals surface area contributed by atoms with E-state index in [1.807, 2.05) is 13.8 Å². The van der Waals surface area contributed by atoms with E-state index in [2.05, 4.69) is 11.8 Å². The van der Waals surface area contributed by atoms with Crippen molar-refractivity contribution in [3.05, 3.63) is 0 Å². The fraction of sp³-hybridized carbons (Fsp3) is 0.923. The predicted octanol–water partition coefficient (Wildman–Crippen LogP) is 1.24. The molecule has 1 heterocycles. The first-order valence-electron chi connectivity index (χ1n) is 6.43. The summed E-state index contributed by atoms with van der Waals surface area (Å²) in [6, 6.07) is 0.283. The normalized spacial score (nSPS) is 21.2. The van der Waals surface area contributed by atoms with Crippen LogP contribution in [-0.4, -0.2) is 43.7 Å². The van der Waals surface area contributed by atoms with Crippen LogP contribution in [0.2, 0.25) is 0 Å². The number of likely N-dealkylation sites (tertiary alicyclic amines) is 1. The summed E-state index contributed by atoms with van der Waals surface area (Å²) in [4.78, 5) is 14.0. The van der Waals surface area contributed by atoms with E-state index in [1.165, 1.54) is 7.11 Å². The van der Waals surface area contributed by atoms with Crippen molar-refractivity contribution >= 4 is 5.97 Å². The van der Waals surface area contributed by atoms with Crippen LogP contribution in [0.25, 0.3) is 0 Å². The van der Waals surface area contributed by atoms with E-state index < -0.39 is 5.41 Å². The molecule has 1 aliphatic heterocycles.